The van der Waals surface area contributed by atoms with Gasteiger partial charge in [0.05, 0.1) is 5.57 Å². The first-order valence-electron chi connectivity index (χ1n) is 9.41. The molecule has 0 radical (unpaired) electrons. The summed E-state index contributed by atoms with van der Waals surface area (Å²) < 4.78 is 0. The molecule has 3 aromatic rings. The van der Waals surface area contributed by atoms with Crippen LogP contribution in [0, 0.1) is 0 Å². The summed E-state index contributed by atoms with van der Waals surface area (Å²) in [6, 6.07) is 18.3. The number of anilines is 3. The molecule has 2 aliphatic heterocycles. The van der Waals surface area contributed by atoms with E-state index in [4.69, 9.17) is 0 Å². The minimum atomic E-state index is -0.0485. The van der Waals surface area contributed by atoms with E-state index >= 15 is 0 Å². The number of hydrogen-bond acceptors (Lipinski definition) is 5. The number of rotatable bonds is 3. The van der Waals surface area contributed by atoms with Crippen LogP contribution in [0.25, 0.3) is 11.6 Å². The second kappa shape index (κ2) is 7.13. The fraction of sp³-hybridized carbons (Fsp3) is 0.182. The van der Waals surface area contributed by atoms with E-state index in [-0.39, 0.29) is 5.91 Å². The van der Waals surface area contributed by atoms with E-state index in [1.54, 1.807) is 11.3 Å². The van der Waals surface area contributed by atoms with Crippen molar-refractivity contribution in [2.45, 2.75) is 0 Å². The Labute approximate surface area is 167 Å². The van der Waals surface area contributed by atoms with Crippen LogP contribution in [0.4, 0.5) is 16.5 Å². The summed E-state index contributed by atoms with van der Waals surface area (Å²) in [4.78, 5) is 22.7. The Balaban J connectivity index is 1.31. The Morgan fingerprint density at radius 3 is 2.46 bits per heavy atom. The highest BCUT2D eigenvalue weighted by Crippen LogP contribution is 2.34. The van der Waals surface area contributed by atoms with Crippen molar-refractivity contribution >= 4 is 45.4 Å². The Bertz CT molecular complexity index is 1040. The fourth-order valence-electron chi connectivity index (χ4n) is 3.71. The summed E-state index contributed by atoms with van der Waals surface area (Å²) in [7, 11) is 0. The van der Waals surface area contributed by atoms with Crippen LogP contribution in [0.3, 0.4) is 0 Å². The Kier molecular flexibility index (Phi) is 4.33. The van der Waals surface area contributed by atoms with Crippen molar-refractivity contribution in [3.8, 4) is 0 Å². The van der Waals surface area contributed by atoms with Crippen molar-refractivity contribution in [1.82, 2.24) is 4.98 Å². The number of piperazine rings is 1. The number of nitrogens with zero attached hydrogens (tertiary/aromatic N) is 3. The number of aromatic nitrogens is 1. The van der Waals surface area contributed by atoms with Gasteiger partial charge >= 0.3 is 0 Å². The van der Waals surface area contributed by atoms with Crippen molar-refractivity contribution in [3.63, 3.8) is 0 Å². The molecule has 0 saturated carbocycles. The van der Waals surface area contributed by atoms with Gasteiger partial charge in [-0.1, -0.05) is 47.7 Å². The van der Waals surface area contributed by atoms with Crippen molar-refractivity contribution < 1.29 is 4.79 Å². The molecule has 6 heteroatoms. The number of hydrogen-bond donors (Lipinski definition) is 1. The van der Waals surface area contributed by atoms with E-state index in [2.05, 4.69) is 44.4 Å². The summed E-state index contributed by atoms with van der Waals surface area (Å²) in [5.74, 6) is -0.0485. The third-order valence-electron chi connectivity index (χ3n) is 5.18. The third kappa shape index (κ3) is 3.16. The monoisotopic (exact) mass is 388 g/mol. The maximum atomic E-state index is 12.3. The molecular formula is C22H20N4OS. The molecule has 140 valence electrons. The smallest absolute Gasteiger partial charge is 0.256 e. The van der Waals surface area contributed by atoms with Gasteiger partial charge in [-0.15, -0.1) is 0 Å². The first-order valence-corrected chi connectivity index (χ1v) is 10.2. The number of carbonyl (C=O) groups excluding carboxylic acids is 1. The highest BCUT2D eigenvalue weighted by Gasteiger charge is 2.24. The SMILES string of the molecule is O=C1Nc2ccccc2/C1=C/c1cnc(N2CCN(c3ccccc3)CC2)s1. The molecule has 0 spiro atoms. The van der Waals surface area contributed by atoms with Crippen LogP contribution in [0.15, 0.2) is 60.8 Å². The minimum absolute atomic E-state index is 0.0485. The normalized spacial score (nSPS) is 17.7. The molecule has 5 nitrogen and oxygen atoms in total. The first kappa shape index (κ1) is 17.0. The van der Waals surface area contributed by atoms with Crippen LogP contribution in [-0.2, 0) is 4.79 Å². The predicted molar refractivity (Wildman–Crippen MR) is 116 cm³/mol. The molecule has 3 heterocycles. The van der Waals surface area contributed by atoms with Gasteiger partial charge in [0.15, 0.2) is 5.13 Å². The third-order valence-corrected chi connectivity index (χ3v) is 6.18. The Hall–Kier alpha value is -3.12. The van der Waals surface area contributed by atoms with Gasteiger partial charge in [0.25, 0.3) is 5.91 Å². The van der Waals surface area contributed by atoms with E-state index in [1.165, 1.54) is 5.69 Å². The second-order valence-electron chi connectivity index (χ2n) is 6.91. The predicted octanol–water partition coefficient (Wildman–Crippen LogP) is 3.96. The zero-order valence-corrected chi connectivity index (χ0v) is 16.2. The van der Waals surface area contributed by atoms with Crippen LogP contribution < -0.4 is 15.1 Å². The highest BCUT2D eigenvalue weighted by atomic mass is 32.1. The number of nitrogens with one attached hydrogen (secondary N) is 1. The molecule has 2 aliphatic rings. The molecule has 5 rings (SSSR count). The number of amides is 1. The number of benzene rings is 2. The van der Waals surface area contributed by atoms with E-state index in [0.717, 1.165) is 47.4 Å². The van der Waals surface area contributed by atoms with Crippen molar-refractivity contribution in [2.75, 3.05) is 41.3 Å². The van der Waals surface area contributed by atoms with Crippen LogP contribution in [0.1, 0.15) is 10.4 Å². The maximum absolute atomic E-state index is 12.3. The summed E-state index contributed by atoms with van der Waals surface area (Å²) >= 11 is 1.64. The Morgan fingerprint density at radius 1 is 0.929 bits per heavy atom. The molecule has 1 aromatic heterocycles. The maximum Gasteiger partial charge on any atom is 0.256 e. The zero-order chi connectivity index (χ0) is 18.9. The van der Waals surface area contributed by atoms with Gasteiger partial charge in [-0.2, -0.15) is 0 Å². The zero-order valence-electron chi connectivity index (χ0n) is 15.3. The molecule has 28 heavy (non-hydrogen) atoms. The molecule has 1 amide bonds. The van der Waals surface area contributed by atoms with Crippen molar-refractivity contribution in [2.24, 2.45) is 0 Å². The van der Waals surface area contributed by atoms with Crippen LogP contribution in [-0.4, -0.2) is 37.1 Å². The molecule has 2 aromatic carbocycles. The number of para-hydroxylation sites is 2. The number of fused-ring (bicyclic) bond motifs is 1. The van der Waals surface area contributed by atoms with E-state index in [0.29, 0.717) is 5.57 Å². The average molecular weight is 388 g/mol. The van der Waals surface area contributed by atoms with Crippen LogP contribution >= 0.6 is 11.3 Å². The molecule has 0 aliphatic carbocycles. The Morgan fingerprint density at radius 2 is 1.64 bits per heavy atom. The van der Waals surface area contributed by atoms with Crippen molar-refractivity contribution in [3.05, 3.63) is 71.2 Å². The standard InChI is InChI=1S/C22H20N4OS/c27-21-19(18-8-4-5-9-20(18)24-21)14-17-15-23-22(28-17)26-12-10-25(11-13-26)16-6-2-1-3-7-16/h1-9,14-15H,10-13H2,(H,24,27)/b19-14-. The molecule has 1 saturated heterocycles. The molecular weight excluding hydrogens is 368 g/mol. The van der Waals surface area contributed by atoms with Gasteiger partial charge in [-0.25, -0.2) is 4.98 Å². The number of carbonyl (C=O) groups is 1. The van der Waals surface area contributed by atoms with Gasteiger partial charge in [-0.05, 0) is 24.3 Å². The topological polar surface area (TPSA) is 48.5 Å². The summed E-state index contributed by atoms with van der Waals surface area (Å²) in [6.07, 6.45) is 3.81. The highest BCUT2D eigenvalue weighted by molar-refractivity contribution is 7.16. The second-order valence-corrected chi connectivity index (χ2v) is 7.95. The summed E-state index contributed by atoms with van der Waals surface area (Å²) in [5, 5.41) is 3.94. The lowest BCUT2D eigenvalue weighted by atomic mass is 10.1. The van der Waals surface area contributed by atoms with Crippen LogP contribution in [0.5, 0.6) is 0 Å². The lowest BCUT2D eigenvalue weighted by molar-refractivity contribution is -0.110. The molecule has 1 N–H and O–H groups in total. The quantitative estimate of drug-likeness (QED) is 0.690. The molecule has 0 unspecified atom stereocenters. The lowest BCUT2D eigenvalue weighted by Crippen LogP contribution is -2.46. The summed E-state index contributed by atoms with van der Waals surface area (Å²) in [5.41, 5.74) is 3.82. The van der Waals surface area contributed by atoms with Gasteiger partial charge in [-0.3, -0.25) is 4.79 Å². The van der Waals surface area contributed by atoms with E-state index in [1.807, 2.05) is 42.6 Å². The average Bonchev–Trinajstić information content (AvgIpc) is 3.34. The molecule has 0 atom stereocenters. The van der Waals surface area contributed by atoms with Gasteiger partial charge in [0.2, 0.25) is 0 Å². The van der Waals surface area contributed by atoms with Crippen molar-refractivity contribution in [1.29, 1.82) is 0 Å². The summed E-state index contributed by atoms with van der Waals surface area (Å²) in [6.45, 7) is 3.86. The molecule has 1 fully saturated rings. The van der Waals surface area contributed by atoms with Gasteiger partial charge in [0.1, 0.15) is 0 Å². The first-order chi connectivity index (χ1) is 13.8. The number of thiazole rings is 1. The molecule has 0 bridgehead atoms. The fourth-order valence-corrected chi connectivity index (χ4v) is 4.62. The van der Waals surface area contributed by atoms with Gasteiger partial charge in [0, 0.05) is 54.2 Å². The van der Waals surface area contributed by atoms with Crippen LogP contribution in [0.2, 0.25) is 0 Å². The van der Waals surface area contributed by atoms with E-state index < -0.39 is 0 Å². The minimum Gasteiger partial charge on any atom is -0.368 e. The van der Waals surface area contributed by atoms with E-state index in [9.17, 15) is 4.79 Å². The van der Waals surface area contributed by atoms with Gasteiger partial charge < -0.3 is 15.1 Å². The lowest BCUT2D eigenvalue weighted by Gasteiger charge is -2.35. The largest absolute Gasteiger partial charge is 0.368 e.